The van der Waals surface area contributed by atoms with E-state index in [9.17, 15) is 0 Å². The molecule has 0 spiro atoms. The highest BCUT2D eigenvalue weighted by atomic mass is 35.5. The van der Waals surface area contributed by atoms with Crippen molar-refractivity contribution in [2.75, 3.05) is 13.6 Å². The van der Waals surface area contributed by atoms with E-state index < -0.39 is 0 Å². The number of thiophene rings is 1. The SMILES string of the molecule is CC(C)CNC(=S)N(C)Cc1ccc(Cl)s1. The quantitative estimate of drug-likeness (QED) is 0.849. The van der Waals surface area contributed by atoms with Crippen LogP contribution in [0, 0.1) is 5.92 Å². The van der Waals surface area contributed by atoms with Gasteiger partial charge in [0.1, 0.15) is 0 Å². The van der Waals surface area contributed by atoms with Crippen LogP contribution in [0.25, 0.3) is 0 Å². The van der Waals surface area contributed by atoms with Crippen LogP contribution in [-0.4, -0.2) is 23.6 Å². The molecule has 0 saturated carbocycles. The van der Waals surface area contributed by atoms with E-state index in [0.29, 0.717) is 5.92 Å². The van der Waals surface area contributed by atoms with Crippen LogP contribution in [0.2, 0.25) is 4.34 Å². The molecule has 2 nitrogen and oxygen atoms in total. The number of hydrogen-bond acceptors (Lipinski definition) is 2. The minimum atomic E-state index is 0.600. The Morgan fingerprint density at radius 3 is 2.75 bits per heavy atom. The third-order valence-electron chi connectivity index (χ3n) is 2.03. The average molecular weight is 277 g/mol. The molecule has 5 heteroatoms. The summed E-state index contributed by atoms with van der Waals surface area (Å²) in [6.45, 7) is 6.04. The Kier molecular flexibility index (Phi) is 5.52. The minimum absolute atomic E-state index is 0.600. The molecular weight excluding hydrogens is 260 g/mol. The van der Waals surface area contributed by atoms with E-state index in [1.54, 1.807) is 11.3 Å². The van der Waals surface area contributed by atoms with Crippen molar-refractivity contribution in [1.29, 1.82) is 0 Å². The van der Waals surface area contributed by atoms with Gasteiger partial charge in [-0.25, -0.2) is 0 Å². The molecule has 0 unspecified atom stereocenters. The van der Waals surface area contributed by atoms with Crippen molar-refractivity contribution in [3.8, 4) is 0 Å². The van der Waals surface area contributed by atoms with E-state index in [1.165, 1.54) is 4.88 Å². The normalized spacial score (nSPS) is 10.6. The summed E-state index contributed by atoms with van der Waals surface area (Å²) in [6.07, 6.45) is 0. The largest absolute Gasteiger partial charge is 0.362 e. The van der Waals surface area contributed by atoms with E-state index in [-0.39, 0.29) is 0 Å². The second-order valence-corrected chi connectivity index (χ2v) is 6.33. The molecule has 1 N–H and O–H groups in total. The first-order valence-electron chi connectivity index (χ1n) is 5.22. The van der Waals surface area contributed by atoms with Crippen LogP contribution in [0.1, 0.15) is 18.7 Å². The first-order valence-corrected chi connectivity index (χ1v) is 6.82. The molecule has 1 aromatic heterocycles. The maximum Gasteiger partial charge on any atom is 0.169 e. The zero-order chi connectivity index (χ0) is 12.1. The van der Waals surface area contributed by atoms with Crippen molar-refractivity contribution in [3.63, 3.8) is 0 Å². The van der Waals surface area contributed by atoms with E-state index in [4.69, 9.17) is 23.8 Å². The molecule has 0 aliphatic carbocycles. The smallest absolute Gasteiger partial charge is 0.169 e. The summed E-state index contributed by atoms with van der Waals surface area (Å²) in [5.41, 5.74) is 0. The zero-order valence-corrected chi connectivity index (χ0v) is 12.2. The maximum atomic E-state index is 5.88. The van der Waals surface area contributed by atoms with Crippen LogP contribution >= 0.6 is 35.2 Å². The summed E-state index contributed by atoms with van der Waals surface area (Å²) >= 11 is 12.8. The summed E-state index contributed by atoms with van der Waals surface area (Å²) in [4.78, 5) is 3.25. The van der Waals surface area contributed by atoms with Crippen molar-refractivity contribution < 1.29 is 0 Å². The second-order valence-electron chi connectivity index (χ2n) is 4.14. The number of nitrogens with one attached hydrogen (secondary N) is 1. The van der Waals surface area contributed by atoms with Crippen LogP contribution in [0.4, 0.5) is 0 Å². The molecule has 0 atom stereocenters. The van der Waals surface area contributed by atoms with Crippen LogP contribution < -0.4 is 5.32 Å². The van der Waals surface area contributed by atoms with Crippen molar-refractivity contribution in [2.45, 2.75) is 20.4 Å². The van der Waals surface area contributed by atoms with Gasteiger partial charge in [0.2, 0.25) is 0 Å². The molecule has 1 aromatic rings. The van der Waals surface area contributed by atoms with Crippen LogP contribution in [0.15, 0.2) is 12.1 Å². The summed E-state index contributed by atoms with van der Waals surface area (Å²) in [5.74, 6) is 0.600. The highest BCUT2D eigenvalue weighted by Crippen LogP contribution is 2.22. The molecule has 0 amide bonds. The van der Waals surface area contributed by atoms with Crippen LogP contribution in [0.5, 0.6) is 0 Å². The lowest BCUT2D eigenvalue weighted by Crippen LogP contribution is -2.38. The molecule has 1 heterocycles. The Bertz CT molecular complexity index is 350. The molecule has 0 aliphatic heterocycles. The zero-order valence-electron chi connectivity index (χ0n) is 9.79. The lowest BCUT2D eigenvalue weighted by molar-refractivity contribution is 0.484. The number of halogens is 1. The van der Waals surface area contributed by atoms with E-state index >= 15 is 0 Å². The van der Waals surface area contributed by atoms with Crippen LogP contribution in [-0.2, 0) is 6.54 Å². The van der Waals surface area contributed by atoms with Crippen molar-refractivity contribution in [1.82, 2.24) is 10.2 Å². The summed E-state index contributed by atoms with van der Waals surface area (Å²) in [6, 6.07) is 3.95. The first kappa shape index (κ1) is 13.7. The van der Waals surface area contributed by atoms with Gasteiger partial charge in [0, 0.05) is 18.5 Å². The monoisotopic (exact) mass is 276 g/mol. The van der Waals surface area contributed by atoms with Gasteiger partial charge in [-0.05, 0) is 30.3 Å². The molecule has 0 radical (unpaired) electrons. The fraction of sp³-hybridized carbons (Fsp3) is 0.545. The Balaban J connectivity index is 2.39. The minimum Gasteiger partial charge on any atom is -0.362 e. The van der Waals surface area contributed by atoms with Crippen LogP contribution in [0.3, 0.4) is 0 Å². The fourth-order valence-corrected chi connectivity index (χ4v) is 2.46. The molecule has 0 aliphatic rings. The number of nitrogens with zero attached hydrogens (tertiary/aromatic N) is 1. The van der Waals surface area contributed by atoms with Crippen molar-refractivity contribution >= 4 is 40.3 Å². The van der Waals surface area contributed by atoms with Gasteiger partial charge in [0.25, 0.3) is 0 Å². The van der Waals surface area contributed by atoms with Gasteiger partial charge in [-0.15, -0.1) is 11.3 Å². The van der Waals surface area contributed by atoms with Gasteiger partial charge in [0.05, 0.1) is 10.9 Å². The van der Waals surface area contributed by atoms with Gasteiger partial charge in [-0.2, -0.15) is 0 Å². The molecule has 1 rings (SSSR count). The van der Waals surface area contributed by atoms with Gasteiger partial charge in [-0.3, -0.25) is 0 Å². The lowest BCUT2D eigenvalue weighted by atomic mass is 10.2. The predicted molar refractivity (Wildman–Crippen MR) is 76.2 cm³/mol. The van der Waals surface area contributed by atoms with Crippen molar-refractivity contribution in [2.24, 2.45) is 5.92 Å². The number of thiocarbonyl (C=S) groups is 1. The molecule has 0 saturated heterocycles. The summed E-state index contributed by atoms with van der Waals surface area (Å²) < 4.78 is 0.824. The third-order valence-corrected chi connectivity index (χ3v) is 3.70. The van der Waals surface area contributed by atoms with Gasteiger partial charge >= 0.3 is 0 Å². The first-order chi connectivity index (χ1) is 7.49. The Labute approximate surface area is 112 Å². The van der Waals surface area contributed by atoms with E-state index in [2.05, 4.69) is 19.2 Å². The summed E-state index contributed by atoms with van der Waals surface area (Å²) in [5, 5.41) is 4.03. The molecule has 0 fully saturated rings. The highest BCUT2D eigenvalue weighted by Gasteiger charge is 2.06. The number of rotatable bonds is 4. The van der Waals surface area contributed by atoms with Crippen molar-refractivity contribution in [3.05, 3.63) is 21.3 Å². The highest BCUT2D eigenvalue weighted by molar-refractivity contribution is 7.80. The third kappa shape index (κ3) is 4.68. The fourth-order valence-electron chi connectivity index (χ4n) is 1.17. The molecule has 16 heavy (non-hydrogen) atoms. The average Bonchev–Trinajstić information content (AvgIpc) is 2.60. The number of hydrogen-bond donors (Lipinski definition) is 1. The molecule has 0 bridgehead atoms. The second kappa shape index (κ2) is 6.42. The van der Waals surface area contributed by atoms with Gasteiger partial charge < -0.3 is 10.2 Å². The predicted octanol–water partition coefficient (Wildman–Crippen LogP) is 3.36. The molecular formula is C11H17ClN2S2. The Hall–Kier alpha value is -0.320. The Morgan fingerprint density at radius 2 is 2.25 bits per heavy atom. The van der Waals surface area contributed by atoms with Gasteiger partial charge in [-0.1, -0.05) is 25.4 Å². The maximum absolute atomic E-state index is 5.88. The molecule has 0 aromatic carbocycles. The Morgan fingerprint density at radius 1 is 1.56 bits per heavy atom. The van der Waals surface area contributed by atoms with E-state index in [1.807, 2.05) is 24.1 Å². The lowest BCUT2D eigenvalue weighted by Gasteiger charge is -2.21. The topological polar surface area (TPSA) is 15.3 Å². The van der Waals surface area contributed by atoms with Gasteiger partial charge in [0.15, 0.2) is 5.11 Å². The van der Waals surface area contributed by atoms with E-state index in [0.717, 1.165) is 22.5 Å². The molecule has 90 valence electrons. The summed E-state index contributed by atoms with van der Waals surface area (Å²) in [7, 11) is 1.99. The standard InChI is InChI=1S/C11H17ClN2S2/c1-8(2)6-13-11(15)14(3)7-9-4-5-10(12)16-9/h4-5,8H,6-7H2,1-3H3,(H,13,15).